The average Bonchev–Trinajstić information content (AvgIpc) is 2.36. The molecule has 0 aromatic carbocycles. The van der Waals surface area contributed by atoms with E-state index < -0.39 is 5.91 Å². The predicted molar refractivity (Wildman–Crippen MR) is 70.5 cm³/mol. The van der Waals surface area contributed by atoms with Crippen LogP contribution in [-0.4, -0.2) is 29.2 Å². The Morgan fingerprint density at radius 1 is 1.53 bits per heavy atom. The van der Waals surface area contributed by atoms with Crippen LogP contribution in [0, 0.1) is 0 Å². The van der Waals surface area contributed by atoms with Gasteiger partial charge in [0.05, 0.1) is 18.6 Å². The third-order valence-corrected chi connectivity index (χ3v) is 2.14. The number of pyridine rings is 1. The molecule has 1 heterocycles. The summed E-state index contributed by atoms with van der Waals surface area (Å²) in [6, 6.07) is 3.13. The number of anilines is 1. The molecule has 1 aromatic heterocycles. The summed E-state index contributed by atoms with van der Waals surface area (Å²) in [6.07, 6.45) is 1.51. The minimum absolute atomic E-state index is 0.0244. The van der Waals surface area contributed by atoms with Crippen molar-refractivity contribution in [3.05, 3.63) is 23.9 Å². The number of ether oxygens (including phenoxy) is 1. The Labute approximate surface area is 110 Å². The molecule has 0 aliphatic rings. The second kappa shape index (κ2) is 7.10. The molecule has 0 fully saturated rings. The second-order valence-electron chi connectivity index (χ2n) is 3.71. The fourth-order valence-corrected chi connectivity index (χ4v) is 1.28. The van der Waals surface area contributed by atoms with Gasteiger partial charge in [0.1, 0.15) is 5.82 Å². The van der Waals surface area contributed by atoms with Gasteiger partial charge in [0.25, 0.3) is 5.91 Å². The summed E-state index contributed by atoms with van der Waals surface area (Å²) in [5.41, 5.74) is 8.53. The van der Waals surface area contributed by atoms with E-state index in [0.29, 0.717) is 12.3 Å². The number of carbonyl (C=O) groups is 2. The number of nitrogens with one attached hydrogen (secondary N) is 1. The standard InChI is InChI=1S/C12H16N4O3/c1-3-19-10(17)7-8(2)15-16-12(18)9-5-4-6-14-11(9)13/h4-6H,3,7H2,1-2H3,(H2,13,14)(H,16,18). The summed E-state index contributed by atoms with van der Waals surface area (Å²) in [6.45, 7) is 3.64. The summed E-state index contributed by atoms with van der Waals surface area (Å²) in [7, 11) is 0. The lowest BCUT2D eigenvalue weighted by atomic mass is 10.2. The van der Waals surface area contributed by atoms with Gasteiger partial charge in [-0.25, -0.2) is 10.4 Å². The van der Waals surface area contributed by atoms with Gasteiger partial charge in [-0.2, -0.15) is 5.10 Å². The van der Waals surface area contributed by atoms with Crippen LogP contribution in [0.25, 0.3) is 0 Å². The highest BCUT2D eigenvalue weighted by Crippen LogP contribution is 2.06. The molecule has 0 unspecified atom stereocenters. The van der Waals surface area contributed by atoms with Gasteiger partial charge in [-0.15, -0.1) is 0 Å². The molecule has 0 aliphatic carbocycles. The van der Waals surface area contributed by atoms with E-state index in [9.17, 15) is 9.59 Å². The van der Waals surface area contributed by atoms with Gasteiger partial charge in [-0.3, -0.25) is 9.59 Å². The highest BCUT2D eigenvalue weighted by atomic mass is 16.5. The van der Waals surface area contributed by atoms with Crippen molar-refractivity contribution in [1.29, 1.82) is 0 Å². The van der Waals surface area contributed by atoms with Gasteiger partial charge in [0, 0.05) is 11.9 Å². The number of amides is 1. The van der Waals surface area contributed by atoms with Crippen LogP contribution in [0.5, 0.6) is 0 Å². The monoisotopic (exact) mass is 264 g/mol. The molecule has 0 aliphatic heterocycles. The minimum Gasteiger partial charge on any atom is -0.466 e. The number of hydrogen-bond acceptors (Lipinski definition) is 6. The van der Waals surface area contributed by atoms with Crippen molar-refractivity contribution in [1.82, 2.24) is 10.4 Å². The molecule has 0 radical (unpaired) electrons. The normalized spacial score (nSPS) is 10.9. The van der Waals surface area contributed by atoms with E-state index in [1.165, 1.54) is 12.3 Å². The van der Waals surface area contributed by atoms with Crippen LogP contribution in [0.4, 0.5) is 5.82 Å². The van der Waals surface area contributed by atoms with Gasteiger partial charge in [-0.05, 0) is 26.0 Å². The topological polar surface area (TPSA) is 107 Å². The number of nitrogen functional groups attached to an aromatic ring is 1. The van der Waals surface area contributed by atoms with E-state index in [1.807, 2.05) is 0 Å². The van der Waals surface area contributed by atoms with E-state index in [4.69, 9.17) is 10.5 Å². The molecule has 19 heavy (non-hydrogen) atoms. The zero-order chi connectivity index (χ0) is 14.3. The first-order valence-corrected chi connectivity index (χ1v) is 5.74. The Morgan fingerprint density at radius 3 is 2.89 bits per heavy atom. The van der Waals surface area contributed by atoms with Crippen LogP contribution < -0.4 is 11.2 Å². The summed E-state index contributed by atoms with van der Waals surface area (Å²) in [5, 5.41) is 3.80. The van der Waals surface area contributed by atoms with Gasteiger partial charge in [-0.1, -0.05) is 0 Å². The van der Waals surface area contributed by atoms with E-state index in [0.717, 1.165) is 0 Å². The Morgan fingerprint density at radius 2 is 2.26 bits per heavy atom. The molecule has 0 saturated carbocycles. The molecule has 1 rings (SSSR count). The number of carbonyl (C=O) groups excluding carboxylic acids is 2. The van der Waals surface area contributed by atoms with Crippen LogP contribution in [-0.2, 0) is 9.53 Å². The molecule has 0 atom stereocenters. The number of aromatic nitrogens is 1. The lowest BCUT2D eigenvalue weighted by molar-refractivity contribution is -0.141. The van der Waals surface area contributed by atoms with Crippen molar-refractivity contribution in [2.24, 2.45) is 5.10 Å². The lowest BCUT2D eigenvalue weighted by Crippen LogP contribution is -2.21. The molecule has 0 saturated heterocycles. The summed E-state index contributed by atoms with van der Waals surface area (Å²) < 4.78 is 4.76. The summed E-state index contributed by atoms with van der Waals surface area (Å²) >= 11 is 0. The highest BCUT2D eigenvalue weighted by molar-refractivity contribution is 6.01. The molecule has 0 spiro atoms. The van der Waals surface area contributed by atoms with Crippen LogP contribution in [0.1, 0.15) is 30.6 Å². The second-order valence-corrected chi connectivity index (χ2v) is 3.71. The fraction of sp³-hybridized carbons (Fsp3) is 0.333. The quantitative estimate of drug-likeness (QED) is 0.463. The molecule has 102 valence electrons. The maximum absolute atomic E-state index is 11.7. The number of nitrogens with zero attached hydrogens (tertiary/aromatic N) is 2. The molecular weight excluding hydrogens is 248 g/mol. The van der Waals surface area contributed by atoms with E-state index in [2.05, 4.69) is 15.5 Å². The van der Waals surface area contributed by atoms with Crippen molar-refractivity contribution in [2.75, 3.05) is 12.3 Å². The van der Waals surface area contributed by atoms with Crippen molar-refractivity contribution in [2.45, 2.75) is 20.3 Å². The molecule has 0 bridgehead atoms. The molecule has 1 amide bonds. The smallest absolute Gasteiger partial charge is 0.311 e. The number of nitrogens with two attached hydrogens (primary N) is 1. The minimum atomic E-state index is -0.478. The Bertz CT molecular complexity index is 500. The summed E-state index contributed by atoms with van der Waals surface area (Å²) in [4.78, 5) is 26.7. The third kappa shape index (κ3) is 4.74. The highest BCUT2D eigenvalue weighted by Gasteiger charge is 2.09. The summed E-state index contributed by atoms with van der Waals surface area (Å²) in [5.74, 6) is -0.744. The SMILES string of the molecule is CCOC(=O)CC(C)=NNC(=O)c1cccnc1N. The number of hydrazone groups is 1. The van der Waals surface area contributed by atoms with Crippen molar-refractivity contribution < 1.29 is 14.3 Å². The van der Waals surface area contributed by atoms with Crippen LogP contribution in [0.3, 0.4) is 0 Å². The van der Waals surface area contributed by atoms with Gasteiger partial charge in [0.2, 0.25) is 0 Å². The van der Waals surface area contributed by atoms with Crippen LogP contribution in [0.2, 0.25) is 0 Å². The van der Waals surface area contributed by atoms with E-state index in [1.54, 1.807) is 19.9 Å². The Hall–Kier alpha value is -2.44. The first-order chi connectivity index (χ1) is 9.04. The van der Waals surface area contributed by atoms with Crippen LogP contribution >= 0.6 is 0 Å². The zero-order valence-corrected chi connectivity index (χ0v) is 10.8. The maximum Gasteiger partial charge on any atom is 0.311 e. The van der Waals surface area contributed by atoms with E-state index in [-0.39, 0.29) is 23.8 Å². The predicted octanol–water partition coefficient (Wildman–Crippen LogP) is 0.723. The first kappa shape index (κ1) is 14.6. The number of esters is 1. The maximum atomic E-state index is 11.7. The van der Waals surface area contributed by atoms with Crippen molar-refractivity contribution in [3.63, 3.8) is 0 Å². The fourth-order valence-electron chi connectivity index (χ4n) is 1.28. The third-order valence-electron chi connectivity index (χ3n) is 2.14. The van der Waals surface area contributed by atoms with E-state index >= 15 is 0 Å². The number of rotatable bonds is 5. The largest absolute Gasteiger partial charge is 0.466 e. The zero-order valence-electron chi connectivity index (χ0n) is 10.8. The van der Waals surface area contributed by atoms with Crippen molar-refractivity contribution >= 4 is 23.4 Å². The Balaban J connectivity index is 2.58. The lowest BCUT2D eigenvalue weighted by Gasteiger charge is -2.04. The van der Waals surface area contributed by atoms with Gasteiger partial charge in [0.15, 0.2) is 0 Å². The molecule has 3 N–H and O–H groups in total. The first-order valence-electron chi connectivity index (χ1n) is 5.74. The van der Waals surface area contributed by atoms with Crippen molar-refractivity contribution in [3.8, 4) is 0 Å². The van der Waals surface area contributed by atoms with Gasteiger partial charge >= 0.3 is 5.97 Å². The Kier molecular flexibility index (Phi) is 5.46. The average molecular weight is 264 g/mol. The molecule has 1 aromatic rings. The molecule has 7 heteroatoms. The molecular formula is C12H16N4O3. The van der Waals surface area contributed by atoms with Gasteiger partial charge < -0.3 is 10.5 Å². The van der Waals surface area contributed by atoms with Crippen LogP contribution in [0.15, 0.2) is 23.4 Å². The molecule has 7 nitrogen and oxygen atoms in total. The number of hydrogen-bond donors (Lipinski definition) is 2.